The van der Waals surface area contributed by atoms with E-state index in [0.29, 0.717) is 46.0 Å². The number of carbonyl (C=O) groups is 2. The lowest BCUT2D eigenvalue weighted by molar-refractivity contribution is -0.120. The summed E-state index contributed by atoms with van der Waals surface area (Å²) >= 11 is 12.9. The number of rotatable bonds is 11. The summed E-state index contributed by atoms with van der Waals surface area (Å²) in [5.41, 5.74) is 1.99. The van der Waals surface area contributed by atoms with Gasteiger partial charge in [-0.3, -0.25) is 9.59 Å². The zero-order valence-corrected chi connectivity index (χ0v) is 21.0. The fourth-order valence-corrected chi connectivity index (χ4v) is 3.89. The second-order valence-corrected chi connectivity index (χ2v) is 8.86. The summed E-state index contributed by atoms with van der Waals surface area (Å²) in [7, 11) is 0. The largest absolute Gasteiger partial charge is 0.490 e. The molecule has 0 radical (unpaired) electrons. The maximum atomic E-state index is 13.2. The van der Waals surface area contributed by atoms with Crippen LogP contribution < -0.4 is 31.3 Å². The molecule has 13 heteroatoms. The van der Waals surface area contributed by atoms with Gasteiger partial charge >= 0.3 is 0 Å². The van der Waals surface area contributed by atoms with E-state index in [-0.39, 0.29) is 30.4 Å². The quantitative estimate of drug-likeness (QED) is 0.271. The van der Waals surface area contributed by atoms with Crippen molar-refractivity contribution in [2.45, 2.75) is 39.0 Å². The Morgan fingerprint density at radius 3 is 2.47 bits per heavy atom. The first kappa shape index (κ1) is 27.5. The van der Waals surface area contributed by atoms with E-state index in [4.69, 9.17) is 27.9 Å². The van der Waals surface area contributed by atoms with E-state index in [9.17, 15) is 22.8 Å². The number of alkyl halides is 3. The van der Waals surface area contributed by atoms with Crippen LogP contribution in [-0.4, -0.2) is 43.9 Å². The summed E-state index contributed by atoms with van der Waals surface area (Å²) in [6, 6.07) is 6.23. The number of fused-ring (bicyclic) bond motifs is 1. The van der Waals surface area contributed by atoms with Gasteiger partial charge in [0.1, 0.15) is 19.0 Å². The average Bonchev–Trinajstić information content (AvgIpc) is 3.23. The van der Waals surface area contributed by atoms with Crippen molar-refractivity contribution >= 4 is 52.1 Å². The van der Waals surface area contributed by atoms with Crippen LogP contribution in [0, 0.1) is 0 Å². The third kappa shape index (κ3) is 7.01. The number of amides is 2. The Morgan fingerprint density at radius 1 is 1.14 bits per heavy atom. The fraction of sp³-hybridized carbons (Fsp3) is 0.391. The molecule has 3 rings (SSSR count). The Hall–Kier alpha value is -3.05. The highest BCUT2D eigenvalue weighted by molar-refractivity contribution is 6.39. The van der Waals surface area contributed by atoms with Gasteiger partial charge in [-0.25, -0.2) is 13.2 Å². The number of ether oxygens (including phenoxy) is 1. The molecule has 1 unspecified atom stereocenters. The lowest BCUT2D eigenvalue weighted by Crippen LogP contribution is -2.34. The van der Waals surface area contributed by atoms with Crippen LogP contribution in [0.4, 0.5) is 30.2 Å². The van der Waals surface area contributed by atoms with Crippen LogP contribution in [-0.2, 0) is 11.3 Å². The smallest absolute Gasteiger partial charge is 0.262 e. The summed E-state index contributed by atoms with van der Waals surface area (Å²) in [4.78, 5) is 24.2. The van der Waals surface area contributed by atoms with E-state index in [0.717, 1.165) is 0 Å². The molecule has 0 saturated carbocycles. The Balaban J connectivity index is 1.80. The molecule has 1 aliphatic rings. The Morgan fingerprint density at radius 2 is 1.83 bits per heavy atom. The molecule has 36 heavy (non-hydrogen) atoms. The molecule has 196 valence electrons. The Kier molecular flexibility index (Phi) is 9.02. The minimum absolute atomic E-state index is 0.0306. The third-order valence-electron chi connectivity index (χ3n) is 5.11. The molecule has 2 aromatic carbocycles. The van der Waals surface area contributed by atoms with Gasteiger partial charge in [0.15, 0.2) is 6.29 Å². The summed E-state index contributed by atoms with van der Waals surface area (Å²) < 4.78 is 44.5. The third-order valence-corrected chi connectivity index (χ3v) is 5.86. The van der Waals surface area contributed by atoms with Gasteiger partial charge in [0.2, 0.25) is 5.91 Å². The van der Waals surface area contributed by atoms with Crippen molar-refractivity contribution in [3.63, 3.8) is 0 Å². The molecule has 2 amide bonds. The summed E-state index contributed by atoms with van der Waals surface area (Å²) in [5.74, 6) is -3.99. The van der Waals surface area contributed by atoms with Gasteiger partial charge in [-0.1, -0.05) is 36.2 Å². The van der Waals surface area contributed by atoms with Gasteiger partial charge in [0, 0.05) is 26.0 Å². The molecule has 1 heterocycles. The molecular formula is C23H26Cl2F3N5O3. The van der Waals surface area contributed by atoms with E-state index in [1.165, 1.54) is 12.1 Å². The molecule has 0 spiro atoms. The highest BCUT2D eigenvalue weighted by atomic mass is 35.5. The number of carbonyl (C=O) groups excluding carboxylic acids is 2. The first-order valence-corrected chi connectivity index (χ1v) is 11.8. The van der Waals surface area contributed by atoms with Crippen LogP contribution in [0.1, 0.15) is 36.2 Å². The van der Waals surface area contributed by atoms with E-state index in [1.807, 2.05) is 0 Å². The minimum atomic E-state index is -3.10. The predicted octanol–water partition coefficient (Wildman–Crippen LogP) is 4.99. The zero-order chi connectivity index (χ0) is 26.5. The number of halogens is 5. The van der Waals surface area contributed by atoms with Gasteiger partial charge in [0.25, 0.3) is 11.8 Å². The highest BCUT2D eigenvalue weighted by Gasteiger charge is 2.27. The van der Waals surface area contributed by atoms with Crippen molar-refractivity contribution in [3.8, 4) is 5.75 Å². The molecule has 0 fully saturated rings. The van der Waals surface area contributed by atoms with Gasteiger partial charge < -0.3 is 31.3 Å². The molecule has 0 saturated heterocycles. The lowest BCUT2D eigenvalue weighted by atomic mass is 10.1. The van der Waals surface area contributed by atoms with Gasteiger partial charge in [-0.15, -0.1) is 0 Å². The molecular weight excluding hydrogens is 522 g/mol. The fourth-order valence-electron chi connectivity index (χ4n) is 3.34. The standard InChI is InChI=1S/C23H26Cl2F3N5O3/c1-3-18(34)29-10-12-4-5-14(24)20(19(12)25)33-22-31-15-8-13(21(35)30-11-23(2,27)28)17(36-7-6-26)9-16(15)32-22/h4-5,8-9,22,31-33H,3,6-7,10-11H2,1-2H3,(H,29,34)(H,30,35). The summed E-state index contributed by atoms with van der Waals surface area (Å²) in [5, 5.41) is 14.9. The Bertz CT molecular complexity index is 1130. The Labute approximate surface area is 216 Å². The van der Waals surface area contributed by atoms with Crippen LogP contribution in [0.3, 0.4) is 0 Å². The molecule has 0 bridgehead atoms. The summed E-state index contributed by atoms with van der Waals surface area (Å²) in [6.45, 7) is 0.656. The van der Waals surface area contributed by atoms with E-state index >= 15 is 0 Å². The monoisotopic (exact) mass is 547 g/mol. The number of hydrogen-bond acceptors (Lipinski definition) is 6. The first-order valence-electron chi connectivity index (χ1n) is 11.1. The molecule has 0 aliphatic carbocycles. The number of anilines is 3. The topological polar surface area (TPSA) is 104 Å². The van der Waals surface area contributed by atoms with Gasteiger partial charge in [0.05, 0.1) is 39.2 Å². The normalized spacial score (nSPS) is 14.4. The zero-order valence-electron chi connectivity index (χ0n) is 19.5. The van der Waals surface area contributed by atoms with Crippen molar-refractivity contribution < 1.29 is 27.5 Å². The van der Waals surface area contributed by atoms with E-state index in [2.05, 4.69) is 26.6 Å². The molecule has 1 aliphatic heterocycles. The van der Waals surface area contributed by atoms with Crippen LogP contribution >= 0.6 is 23.2 Å². The van der Waals surface area contributed by atoms with E-state index < -0.39 is 31.3 Å². The molecule has 5 N–H and O–H groups in total. The van der Waals surface area contributed by atoms with Crippen molar-refractivity contribution in [1.82, 2.24) is 10.6 Å². The average molecular weight is 548 g/mol. The predicted molar refractivity (Wildman–Crippen MR) is 134 cm³/mol. The van der Waals surface area contributed by atoms with Gasteiger partial charge in [-0.2, -0.15) is 0 Å². The van der Waals surface area contributed by atoms with Gasteiger partial charge in [-0.05, 0) is 17.7 Å². The molecule has 1 atom stereocenters. The van der Waals surface area contributed by atoms with Crippen molar-refractivity contribution in [3.05, 3.63) is 45.4 Å². The minimum Gasteiger partial charge on any atom is -0.490 e. The maximum absolute atomic E-state index is 13.2. The summed E-state index contributed by atoms with van der Waals surface area (Å²) in [6.07, 6.45) is -0.301. The maximum Gasteiger partial charge on any atom is 0.262 e. The second kappa shape index (κ2) is 11.8. The van der Waals surface area contributed by atoms with Crippen LogP contribution in [0.2, 0.25) is 10.0 Å². The number of benzene rings is 2. The SMILES string of the molecule is CCC(=O)NCc1ccc(Cl)c(NC2Nc3cc(OCCF)c(C(=O)NCC(C)(F)F)cc3N2)c1Cl. The molecule has 2 aromatic rings. The number of hydrogen-bond donors (Lipinski definition) is 5. The van der Waals surface area contributed by atoms with Crippen molar-refractivity contribution in [2.75, 3.05) is 35.8 Å². The van der Waals surface area contributed by atoms with Crippen molar-refractivity contribution in [1.29, 1.82) is 0 Å². The first-order chi connectivity index (χ1) is 17.0. The highest BCUT2D eigenvalue weighted by Crippen LogP contribution is 2.38. The molecule has 0 aromatic heterocycles. The van der Waals surface area contributed by atoms with Crippen molar-refractivity contribution in [2.24, 2.45) is 0 Å². The van der Waals surface area contributed by atoms with Crippen LogP contribution in [0.5, 0.6) is 5.75 Å². The number of nitrogens with one attached hydrogen (secondary N) is 5. The second-order valence-electron chi connectivity index (χ2n) is 8.08. The van der Waals surface area contributed by atoms with E-state index in [1.54, 1.807) is 19.1 Å². The van der Waals surface area contributed by atoms with Crippen LogP contribution in [0.25, 0.3) is 0 Å². The van der Waals surface area contributed by atoms with Crippen LogP contribution in [0.15, 0.2) is 24.3 Å². The molecule has 8 nitrogen and oxygen atoms in total. The lowest BCUT2D eigenvalue weighted by Gasteiger charge is -2.19.